The van der Waals surface area contributed by atoms with Gasteiger partial charge in [-0.3, -0.25) is 9.89 Å². The Labute approximate surface area is 169 Å². The predicted octanol–water partition coefficient (Wildman–Crippen LogP) is 2.80. The van der Waals surface area contributed by atoms with E-state index in [1.165, 1.54) is 11.3 Å². The van der Waals surface area contributed by atoms with E-state index in [2.05, 4.69) is 44.3 Å². The van der Waals surface area contributed by atoms with Crippen LogP contribution >= 0.6 is 0 Å². The molecule has 0 radical (unpaired) electrons. The van der Waals surface area contributed by atoms with Gasteiger partial charge in [-0.1, -0.05) is 20.3 Å². The van der Waals surface area contributed by atoms with E-state index >= 15 is 0 Å². The second-order valence-electron chi connectivity index (χ2n) is 8.03. The first-order valence-electron chi connectivity index (χ1n) is 9.76. The normalized spacial score (nSPS) is 17.9. The number of H-pyrrole nitrogens is 1. The molecule has 1 aliphatic rings. The standard InChI is InChI=1S/C21H25N7O/c1-4-21(3)7-15-17(8-21)27-28-19(15)14-5-16(20(22)29)26-18(6-14)25-11-13-9-23-12(2)24-10-13/h5-6,9-10H,4,7-8,11H2,1-3H3,(H2,22,29)(H,25,26)(H,27,28)/t21-/m1/s1. The molecule has 0 aromatic carbocycles. The second kappa shape index (κ2) is 7.27. The van der Waals surface area contributed by atoms with Gasteiger partial charge in [0.25, 0.3) is 5.91 Å². The van der Waals surface area contributed by atoms with Crippen LogP contribution < -0.4 is 11.1 Å². The number of hydrogen-bond donors (Lipinski definition) is 3. The molecule has 0 saturated heterocycles. The molecule has 0 saturated carbocycles. The lowest BCUT2D eigenvalue weighted by atomic mass is 9.84. The van der Waals surface area contributed by atoms with Crippen LogP contribution in [0.15, 0.2) is 24.5 Å². The van der Waals surface area contributed by atoms with E-state index in [0.717, 1.165) is 41.9 Å². The van der Waals surface area contributed by atoms with Gasteiger partial charge < -0.3 is 11.1 Å². The zero-order chi connectivity index (χ0) is 20.6. The largest absolute Gasteiger partial charge is 0.366 e. The summed E-state index contributed by atoms with van der Waals surface area (Å²) in [6.45, 7) is 6.84. The van der Waals surface area contributed by atoms with Gasteiger partial charge >= 0.3 is 0 Å². The number of nitrogens with one attached hydrogen (secondary N) is 2. The van der Waals surface area contributed by atoms with Crippen molar-refractivity contribution >= 4 is 11.7 Å². The Bertz CT molecular complexity index is 1060. The molecule has 3 aromatic rings. The van der Waals surface area contributed by atoms with Crippen LogP contribution in [0.3, 0.4) is 0 Å². The molecule has 8 nitrogen and oxygen atoms in total. The molecule has 3 heterocycles. The van der Waals surface area contributed by atoms with Gasteiger partial charge in [-0.25, -0.2) is 15.0 Å². The average molecular weight is 391 g/mol. The Morgan fingerprint density at radius 1 is 1.28 bits per heavy atom. The summed E-state index contributed by atoms with van der Waals surface area (Å²) < 4.78 is 0. The highest BCUT2D eigenvalue weighted by Crippen LogP contribution is 2.42. The van der Waals surface area contributed by atoms with Crippen molar-refractivity contribution < 1.29 is 4.79 Å². The number of pyridine rings is 1. The van der Waals surface area contributed by atoms with Gasteiger partial charge in [-0.2, -0.15) is 5.10 Å². The highest BCUT2D eigenvalue weighted by atomic mass is 16.1. The smallest absolute Gasteiger partial charge is 0.267 e. The number of aromatic amines is 1. The van der Waals surface area contributed by atoms with Crippen LogP contribution in [0.1, 0.15) is 53.4 Å². The van der Waals surface area contributed by atoms with Crippen molar-refractivity contribution in [2.24, 2.45) is 11.1 Å². The molecule has 1 amide bonds. The predicted molar refractivity (Wildman–Crippen MR) is 110 cm³/mol. The van der Waals surface area contributed by atoms with Crippen molar-refractivity contribution in [3.8, 4) is 11.3 Å². The van der Waals surface area contributed by atoms with Crippen molar-refractivity contribution in [3.63, 3.8) is 0 Å². The van der Waals surface area contributed by atoms with Crippen molar-refractivity contribution in [1.82, 2.24) is 25.1 Å². The average Bonchev–Trinajstić information content (AvgIpc) is 3.24. The number of carbonyl (C=O) groups excluding carboxylic acids is 1. The summed E-state index contributed by atoms with van der Waals surface area (Å²) >= 11 is 0. The Morgan fingerprint density at radius 2 is 2.03 bits per heavy atom. The molecule has 8 heteroatoms. The molecule has 3 aromatic heterocycles. The van der Waals surface area contributed by atoms with Gasteiger partial charge in [0.15, 0.2) is 0 Å². The quantitative estimate of drug-likeness (QED) is 0.594. The third kappa shape index (κ3) is 3.83. The number of hydrogen-bond acceptors (Lipinski definition) is 6. The third-order valence-corrected chi connectivity index (χ3v) is 5.67. The second-order valence-corrected chi connectivity index (χ2v) is 8.03. The van der Waals surface area contributed by atoms with E-state index in [1.54, 1.807) is 18.5 Å². The van der Waals surface area contributed by atoms with Crippen LogP contribution in [0.4, 0.5) is 5.82 Å². The van der Waals surface area contributed by atoms with Gasteiger partial charge in [0.05, 0.1) is 5.69 Å². The number of aryl methyl sites for hydroxylation is 1. The lowest BCUT2D eigenvalue weighted by Gasteiger charge is -2.20. The van der Waals surface area contributed by atoms with Crippen LogP contribution in [0.2, 0.25) is 0 Å². The minimum atomic E-state index is -0.570. The maximum atomic E-state index is 11.9. The first-order valence-corrected chi connectivity index (χ1v) is 9.76. The van der Waals surface area contributed by atoms with E-state index in [1.807, 2.05) is 13.0 Å². The SMILES string of the molecule is CC[C@@]1(C)Cc2[nH]nc(-c3cc(NCc4cnc(C)nc4)nc(C(N)=O)c3)c2C1. The van der Waals surface area contributed by atoms with E-state index in [4.69, 9.17) is 5.73 Å². The minimum absolute atomic E-state index is 0.207. The zero-order valence-corrected chi connectivity index (χ0v) is 16.9. The monoisotopic (exact) mass is 391 g/mol. The Kier molecular flexibility index (Phi) is 4.77. The maximum absolute atomic E-state index is 11.9. The number of nitrogens with two attached hydrogens (primary N) is 1. The van der Waals surface area contributed by atoms with Gasteiger partial charge in [0, 0.05) is 41.3 Å². The molecule has 150 valence electrons. The molecular weight excluding hydrogens is 366 g/mol. The summed E-state index contributed by atoms with van der Waals surface area (Å²) in [5.41, 5.74) is 11.0. The van der Waals surface area contributed by atoms with Gasteiger partial charge in [0.2, 0.25) is 0 Å². The van der Waals surface area contributed by atoms with Crippen molar-refractivity contribution in [3.05, 3.63) is 52.9 Å². The van der Waals surface area contributed by atoms with Crippen molar-refractivity contribution in [2.75, 3.05) is 5.32 Å². The molecule has 0 unspecified atom stereocenters. The number of aromatic nitrogens is 5. The zero-order valence-electron chi connectivity index (χ0n) is 16.9. The molecule has 0 fully saturated rings. The van der Waals surface area contributed by atoms with E-state index in [9.17, 15) is 4.79 Å². The maximum Gasteiger partial charge on any atom is 0.267 e. The fourth-order valence-electron chi connectivity index (χ4n) is 3.73. The van der Waals surface area contributed by atoms with E-state index in [0.29, 0.717) is 12.4 Å². The van der Waals surface area contributed by atoms with E-state index < -0.39 is 5.91 Å². The van der Waals surface area contributed by atoms with Crippen LogP contribution in [0, 0.1) is 12.3 Å². The van der Waals surface area contributed by atoms with Gasteiger partial charge in [-0.15, -0.1) is 0 Å². The number of anilines is 1. The molecule has 4 N–H and O–H groups in total. The highest BCUT2D eigenvalue weighted by molar-refractivity contribution is 5.92. The Hall–Kier alpha value is -3.29. The van der Waals surface area contributed by atoms with Crippen LogP contribution in [0.25, 0.3) is 11.3 Å². The van der Waals surface area contributed by atoms with Crippen LogP contribution in [0.5, 0.6) is 0 Å². The Balaban J connectivity index is 1.65. The van der Waals surface area contributed by atoms with Crippen LogP contribution in [-0.4, -0.2) is 31.1 Å². The first kappa shape index (κ1) is 19.0. The van der Waals surface area contributed by atoms with Crippen molar-refractivity contribution in [1.29, 1.82) is 0 Å². The van der Waals surface area contributed by atoms with Gasteiger partial charge in [0.1, 0.15) is 17.3 Å². The minimum Gasteiger partial charge on any atom is -0.366 e. The summed E-state index contributed by atoms with van der Waals surface area (Å²) in [4.78, 5) is 24.6. The molecule has 0 spiro atoms. The van der Waals surface area contributed by atoms with Gasteiger partial charge in [-0.05, 0) is 37.3 Å². The van der Waals surface area contributed by atoms with Crippen molar-refractivity contribution in [2.45, 2.75) is 46.6 Å². The van der Waals surface area contributed by atoms with E-state index in [-0.39, 0.29) is 11.1 Å². The summed E-state index contributed by atoms with van der Waals surface area (Å²) in [5, 5.41) is 10.9. The number of fused-ring (bicyclic) bond motifs is 1. The molecular formula is C21H25N7O. The summed E-state index contributed by atoms with van der Waals surface area (Å²) in [6.07, 6.45) is 6.57. The Morgan fingerprint density at radius 3 is 2.72 bits per heavy atom. The number of primary amides is 1. The molecule has 0 bridgehead atoms. The summed E-state index contributed by atoms with van der Waals surface area (Å²) in [6, 6.07) is 3.61. The summed E-state index contributed by atoms with van der Waals surface area (Å²) in [7, 11) is 0. The highest BCUT2D eigenvalue weighted by Gasteiger charge is 2.35. The molecule has 4 rings (SSSR count). The number of nitrogens with zero attached hydrogens (tertiary/aromatic N) is 4. The first-order chi connectivity index (χ1) is 13.9. The summed E-state index contributed by atoms with van der Waals surface area (Å²) in [5.74, 6) is 0.709. The topological polar surface area (TPSA) is 122 Å². The molecule has 1 atom stereocenters. The number of rotatable bonds is 6. The fourth-order valence-corrected chi connectivity index (χ4v) is 3.73. The molecule has 29 heavy (non-hydrogen) atoms. The third-order valence-electron chi connectivity index (χ3n) is 5.67. The fraction of sp³-hybridized carbons (Fsp3) is 0.381. The lowest BCUT2D eigenvalue weighted by Crippen LogP contribution is -2.16. The number of amides is 1. The van der Waals surface area contributed by atoms with Crippen LogP contribution in [-0.2, 0) is 19.4 Å². The molecule has 1 aliphatic carbocycles. The lowest BCUT2D eigenvalue weighted by molar-refractivity contribution is 0.0995. The molecule has 0 aliphatic heterocycles. The number of carbonyl (C=O) groups is 1.